The Hall–Kier alpha value is -2.80. The molecule has 3 heterocycles. The minimum absolute atomic E-state index is 0.543. The molecule has 1 aromatic carbocycles. The molecule has 0 aliphatic heterocycles. The molecule has 0 atom stereocenters. The molecule has 0 saturated heterocycles. The number of H-pyrrole nitrogens is 1. The quantitative estimate of drug-likeness (QED) is 0.626. The molecule has 114 valence electrons. The molecule has 0 fully saturated rings. The molecule has 23 heavy (non-hydrogen) atoms. The third kappa shape index (κ3) is 2.55. The van der Waals surface area contributed by atoms with E-state index in [1.165, 1.54) is 6.33 Å². The van der Waals surface area contributed by atoms with Gasteiger partial charge >= 0.3 is 0 Å². The summed E-state index contributed by atoms with van der Waals surface area (Å²) in [5.74, 6) is 1.31. The van der Waals surface area contributed by atoms with Gasteiger partial charge in [0.1, 0.15) is 17.8 Å². The van der Waals surface area contributed by atoms with E-state index in [9.17, 15) is 0 Å². The van der Waals surface area contributed by atoms with Gasteiger partial charge in [-0.1, -0.05) is 11.6 Å². The number of hydrogen-bond acceptors (Lipinski definition) is 5. The maximum atomic E-state index is 6.15. The third-order valence-corrected chi connectivity index (χ3v) is 3.70. The number of rotatable bonds is 3. The first-order chi connectivity index (χ1) is 11.2. The van der Waals surface area contributed by atoms with Crippen LogP contribution in [-0.4, -0.2) is 34.9 Å². The van der Waals surface area contributed by atoms with E-state index in [1.807, 2.05) is 29.8 Å². The van der Waals surface area contributed by atoms with Gasteiger partial charge in [-0.3, -0.25) is 9.78 Å². The predicted octanol–water partition coefficient (Wildman–Crippen LogP) is 2.62. The number of hydrogen-bond donors (Lipinski definition) is 1. The molecule has 7 nitrogen and oxygen atoms in total. The number of aryl methyl sites for hydroxylation is 1. The smallest absolute Gasteiger partial charge is 0.202 e. The van der Waals surface area contributed by atoms with Crippen LogP contribution in [0.15, 0.2) is 36.9 Å². The molecule has 0 saturated carbocycles. The first kappa shape index (κ1) is 13.8. The molecule has 4 rings (SSSR count). The molecular formula is C15H12ClN7. The van der Waals surface area contributed by atoms with Crippen LogP contribution >= 0.6 is 11.6 Å². The van der Waals surface area contributed by atoms with E-state index in [1.54, 1.807) is 12.4 Å². The fourth-order valence-electron chi connectivity index (χ4n) is 2.47. The predicted molar refractivity (Wildman–Crippen MR) is 86.0 cm³/mol. The van der Waals surface area contributed by atoms with E-state index >= 15 is 0 Å². The Kier molecular flexibility index (Phi) is 3.27. The number of benzene rings is 1. The van der Waals surface area contributed by atoms with Crippen LogP contribution in [0.3, 0.4) is 0 Å². The lowest BCUT2D eigenvalue weighted by molar-refractivity contribution is 0.708. The van der Waals surface area contributed by atoms with Crippen molar-refractivity contribution >= 4 is 22.5 Å². The summed E-state index contributed by atoms with van der Waals surface area (Å²) in [5, 5.41) is 13.3. The van der Waals surface area contributed by atoms with Crippen LogP contribution in [0.5, 0.6) is 0 Å². The number of fused-ring (bicyclic) bond motifs is 1. The standard InChI is InChI=1S/C15H12ClN7/c1-9-19-15(21-20-9)14-12-3-2-11(16)4-13(12)23(22-14)7-10-5-17-8-18-6-10/h2-6,8H,7H2,1H3,(H,19,20,21). The molecule has 3 aromatic heterocycles. The number of aromatic nitrogens is 7. The first-order valence-corrected chi connectivity index (χ1v) is 7.38. The van der Waals surface area contributed by atoms with Crippen molar-refractivity contribution in [1.82, 2.24) is 34.9 Å². The van der Waals surface area contributed by atoms with Gasteiger partial charge in [0.05, 0.1) is 12.1 Å². The van der Waals surface area contributed by atoms with Crippen molar-refractivity contribution in [2.45, 2.75) is 13.5 Å². The zero-order chi connectivity index (χ0) is 15.8. The second kappa shape index (κ2) is 5.44. The molecule has 4 aromatic rings. The van der Waals surface area contributed by atoms with Crippen LogP contribution < -0.4 is 0 Å². The summed E-state index contributed by atoms with van der Waals surface area (Å²) >= 11 is 6.15. The van der Waals surface area contributed by atoms with Gasteiger partial charge in [-0.05, 0) is 25.1 Å². The zero-order valence-corrected chi connectivity index (χ0v) is 13.0. The molecule has 0 aliphatic rings. The molecular weight excluding hydrogens is 314 g/mol. The van der Waals surface area contributed by atoms with Crippen LogP contribution in [0.1, 0.15) is 11.4 Å². The summed E-state index contributed by atoms with van der Waals surface area (Å²) in [6, 6.07) is 5.66. The van der Waals surface area contributed by atoms with Crippen molar-refractivity contribution in [3.8, 4) is 11.5 Å². The largest absolute Gasteiger partial charge is 0.263 e. The van der Waals surface area contributed by atoms with Crippen LogP contribution in [-0.2, 0) is 6.54 Å². The molecule has 0 radical (unpaired) electrons. The van der Waals surface area contributed by atoms with Gasteiger partial charge in [-0.15, -0.1) is 0 Å². The van der Waals surface area contributed by atoms with Crippen LogP contribution in [0.2, 0.25) is 5.02 Å². The van der Waals surface area contributed by atoms with Crippen molar-refractivity contribution in [2.24, 2.45) is 0 Å². The number of nitrogens with zero attached hydrogens (tertiary/aromatic N) is 6. The average Bonchev–Trinajstić information content (AvgIpc) is 3.12. The highest BCUT2D eigenvalue weighted by Gasteiger charge is 2.16. The van der Waals surface area contributed by atoms with Gasteiger partial charge in [0.15, 0.2) is 0 Å². The monoisotopic (exact) mass is 325 g/mol. The Balaban J connectivity index is 1.88. The van der Waals surface area contributed by atoms with Gasteiger partial charge in [0.2, 0.25) is 5.82 Å². The van der Waals surface area contributed by atoms with Crippen molar-refractivity contribution < 1.29 is 0 Å². The van der Waals surface area contributed by atoms with Gasteiger partial charge in [0.25, 0.3) is 0 Å². The van der Waals surface area contributed by atoms with Crippen LogP contribution in [0.4, 0.5) is 0 Å². The lowest BCUT2D eigenvalue weighted by Crippen LogP contribution is -2.02. The minimum atomic E-state index is 0.543. The molecule has 0 amide bonds. The summed E-state index contributed by atoms with van der Waals surface area (Å²) in [6.45, 7) is 2.40. The first-order valence-electron chi connectivity index (χ1n) is 7.00. The van der Waals surface area contributed by atoms with E-state index in [-0.39, 0.29) is 0 Å². The Labute approximate surface area is 136 Å². The highest BCUT2D eigenvalue weighted by molar-refractivity contribution is 6.31. The highest BCUT2D eigenvalue weighted by Crippen LogP contribution is 2.28. The summed E-state index contributed by atoms with van der Waals surface area (Å²) in [6.07, 6.45) is 5.03. The highest BCUT2D eigenvalue weighted by atomic mass is 35.5. The zero-order valence-electron chi connectivity index (χ0n) is 12.2. The number of nitrogens with one attached hydrogen (secondary N) is 1. The van der Waals surface area contributed by atoms with Gasteiger partial charge < -0.3 is 0 Å². The Morgan fingerprint density at radius 1 is 1.22 bits per heavy atom. The van der Waals surface area contributed by atoms with Gasteiger partial charge in [-0.25, -0.2) is 15.0 Å². The second-order valence-corrected chi connectivity index (χ2v) is 5.60. The summed E-state index contributed by atoms with van der Waals surface area (Å²) in [4.78, 5) is 12.5. The van der Waals surface area contributed by atoms with Crippen LogP contribution in [0, 0.1) is 6.92 Å². The molecule has 1 N–H and O–H groups in total. The number of aromatic amines is 1. The molecule has 0 spiro atoms. The van der Waals surface area contributed by atoms with E-state index in [0.717, 1.165) is 28.0 Å². The van der Waals surface area contributed by atoms with Gasteiger partial charge in [0, 0.05) is 28.4 Å². The van der Waals surface area contributed by atoms with Crippen molar-refractivity contribution in [3.05, 3.63) is 53.3 Å². The normalized spacial score (nSPS) is 11.2. The maximum Gasteiger partial charge on any atom is 0.202 e. The summed E-state index contributed by atoms with van der Waals surface area (Å²) < 4.78 is 1.86. The van der Waals surface area contributed by atoms with Crippen molar-refractivity contribution in [2.75, 3.05) is 0 Å². The average molecular weight is 326 g/mol. The summed E-state index contributed by atoms with van der Waals surface area (Å²) in [5.41, 5.74) is 2.59. The summed E-state index contributed by atoms with van der Waals surface area (Å²) in [7, 11) is 0. The van der Waals surface area contributed by atoms with Crippen LogP contribution in [0.25, 0.3) is 22.4 Å². The Morgan fingerprint density at radius 3 is 2.78 bits per heavy atom. The second-order valence-electron chi connectivity index (χ2n) is 5.16. The molecule has 0 aliphatic carbocycles. The fraction of sp³-hybridized carbons (Fsp3) is 0.133. The minimum Gasteiger partial charge on any atom is -0.263 e. The third-order valence-electron chi connectivity index (χ3n) is 3.47. The van der Waals surface area contributed by atoms with Crippen molar-refractivity contribution in [1.29, 1.82) is 0 Å². The SMILES string of the molecule is Cc1nc(-c2nn(Cc3cncnc3)c3cc(Cl)ccc23)n[nH]1. The molecule has 0 unspecified atom stereocenters. The lowest BCUT2D eigenvalue weighted by Gasteiger charge is -2.02. The lowest BCUT2D eigenvalue weighted by atomic mass is 10.2. The number of halogens is 1. The molecule has 8 heteroatoms. The molecule has 0 bridgehead atoms. The van der Waals surface area contributed by atoms with E-state index in [4.69, 9.17) is 11.6 Å². The van der Waals surface area contributed by atoms with E-state index < -0.39 is 0 Å². The van der Waals surface area contributed by atoms with E-state index in [2.05, 4.69) is 30.2 Å². The topological polar surface area (TPSA) is 85.2 Å². The van der Waals surface area contributed by atoms with E-state index in [0.29, 0.717) is 17.4 Å². The Morgan fingerprint density at radius 2 is 2.04 bits per heavy atom. The van der Waals surface area contributed by atoms with Gasteiger partial charge in [-0.2, -0.15) is 10.2 Å². The van der Waals surface area contributed by atoms with Crippen molar-refractivity contribution in [3.63, 3.8) is 0 Å². The maximum absolute atomic E-state index is 6.15. The fourth-order valence-corrected chi connectivity index (χ4v) is 2.63. The Bertz CT molecular complexity index is 974.